The molecule has 0 radical (unpaired) electrons. The Balaban J connectivity index is 0.00000576. The molecule has 0 aromatic heterocycles. The molecule has 0 saturated heterocycles. The number of aliphatic imine (C=N–C) groups is 1. The fraction of sp³-hybridized carbons (Fsp3) is 0.556. The summed E-state index contributed by atoms with van der Waals surface area (Å²) in [5, 5.41) is 9.23. The molecule has 0 unspecified atom stereocenters. The Labute approximate surface area is 168 Å². The van der Waals surface area contributed by atoms with E-state index in [4.69, 9.17) is 4.74 Å². The van der Waals surface area contributed by atoms with Gasteiger partial charge in [0, 0.05) is 31.6 Å². The number of carbonyl (C=O) groups excluding carboxylic acids is 1. The second-order valence-corrected chi connectivity index (χ2v) is 5.54. The average molecular weight is 462 g/mol. The lowest BCUT2D eigenvalue weighted by molar-refractivity contribution is -0.120. The molecular weight excluding hydrogens is 431 g/mol. The minimum Gasteiger partial charge on any atom is -0.496 e. The van der Waals surface area contributed by atoms with Crippen LogP contribution in [0.1, 0.15) is 37.8 Å². The van der Waals surface area contributed by atoms with E-state index in [0.29, 0.717) is 25.5 Å². The zero-order chi connectivity index (χ0) is 17.8. The topological polar surface area (TPSA) is 74.8 Å². The van der Waals surface area contributed by atoms with Crippen LogP contribution in [0.3, 0.4) is 0 Å². The number of guanidine groups is 1. The van der Waals surface area contributed by atoms with Crippen LogP contribution in [0, 0.1) is 6.92 Å². The lowest BCUT2D eigenvalue weighted by Gasteiger charge is -2.12. The highest BCUT2D eigenvalue weighted by molar-refractivity contribution is 14.0. The van der Waals surface area contributed by atoms with E-state index in [1.807, 2.05) is 39.0 Å². The van der Waals surface area contributed by atoms with Crippen LogP contribution in [-0.2, 0) is 11.3 Å². The number of hydrogen-bond donors (Lipinski definition) is 3. The van der Waals surface area contributed by atoms with Gasteiger partial charge in [0.05, 0.1) is 13.7 Å². The molecule has 6 nitrogen and oxygen atoms in total. The van der Waals surface area contributed by atoms with Crippen molar-refractivity contribution in [2.24, 2.45) is 4.99 Å². The minimum absolute atomic E-state index is 0. The molecule has 3 N–H and O–H groups in total. The second-order valence-electron chi connectivity index (χ2n) is 5.54. The highest BCUT2D eigenvalue weighted by atomic mass is 127. The first-order valence-electron chi connectivity index (χ1n) is 8.53. The van der Waals surface area contributed by atoms with Crippen molar-refractivity contribution < 1.29 is 9.53 Å². The number of methoxy groups -OCH3 is 1. The largest absolute Gasteiger partial charge is 0.496 e. The first-order valence-corrected chi connectivity index (χ1v) is 8.53. The fourth-order valence-corrected chi connectivity index (χ4v) is 2.14. The summed E-state index contributed by atoms with van der Waals surface area (Å²) in [7, 11) is 1.67. The van der Waals surface area contributed by atoms with Gasteiger partial charge in [-0.25, -0.2) is 4.99 Å². The van der Waals surface area contributed by atoms with Gasteiger partial charge in [0.1, 0.15) is 5.75 Å². The van der Waals surface area contributed by atoms with Crippen molar-refractivity contribution in [3.05, 3.63) is 29.3 Å². The number of rotatable bonds is 9. The SMILES string of the molecule is CCCNC(=O)CCNC(=NCc1ccc(C)cc1OC)NCC.I. The summed E-state index contributed by atoms with van der Waals surface area (Å²) in [5.41, 5.74) is 2.18. The van der Waals surface area contributed by atoms with E-state index in [2.05, 4.69) is 20.9 Å². The molecule has 0 saturated carbocycles. The van der Waals surface area contributed by atoms with E-state index in [9.17, 15) is 4.79 Å². The third-order valence-corrected chi connectivity index (χ3v) is 3.41. The van der Waals surface area contributed by atoms with Gasteiger partial charge in [-0.1, -0.05) is 19.1 Å². The molecule has 7 heteroatoms. The summed E-state index contributed by atoms with van der Waals surface area (Å²) in [5.74, 6) is 1.59. The third kappa shape index (κ3) is 9.52. The van der Waals surface area contributed by atoms with Gasteiger partial charge in [-0.2, -0.15) is 0 Å². The molecule has 0 spiro atoms. The van der Waals surface area contributed by atoms with Crippen LogP contribution in [0.4, 0.5) is 0 Å². The molecule has 1 aromatic rings. The second kappa shape index (κ2) is 13.7. The molecule has 142 valence electrons. The van der Waals surface area contributed by atoms with Crippen LogP contribution in [-0.4, -0.2) is 38.6 Å². The zero-order valence-electron chi connectivity index (χ0n) is 15.6. The summed E-state index contributed by atoms with van der Waals surface area (Å²) in [6.07, 6.45) is 1.37. The van der Waals surface area contributed by atoms with E-state index in [0.717, 1.165) is 36.4 Å². The molecule has 1 amide bonds. The summed E-state index contributed by atoms with van der Waals surface area (Å²) in [6, 6.07) is 6.08. The first-order chi connectivity index (χ1) is 11.6. The van der Waals surface area contributed by atoms with Gasteiger partial charge >= 0.3 is 0 Å². The number of halogens is 1. The molecule has 0 aliphatic heterocycles. The van der Waals surface area contributed by atoms with E-state index < -0.39 is 0 Å². The summed E-state index contributed by atoms with van der Waals surface area (Å²) >= 11 is 0. The van der Waals surface area contributed by atoms with Crippen molar-refractivity contribution in [3.8, 4) is 5.75 Å². The van der Waals surface area contributed by atoms with Gasteiger partial charge in [0.2, 0.25) is 5.91 Å². The van der Waals surface area contributed by atoms with Gasteiger partial charge in [-0.15, -0.1) is 24.0 Å². The molecule has 1 aromatic carbocycles. The average Bonchev–Trinajstić information content (AvgIpc) is 2.58. The van der Waals surface area contributed by atoms with Crippen molar-refractivity contribution in [1.82, 2.24) is 16.0 Å². The number of carbonyl (C=O) groups is 1. The highest BCUT2D eigenvalue weighted by Gasteiger charge is 2.05. The normalized spacial score (nSPS) is 10.6. The van der Waals surface area contributed by atoms with E-state index in [1.165, 1.54) is 0 Å². The lowest BCUT2D eigenvalue weighted by Crippen LogP contribution is -2.39. The summed E-state index contributed by atoms with van der Waals surface area (Å²) < 4.78 is 5.41. The molecule has 0 bridgehead atoms. The highest BCUT2D eigenvalue weighted by Crippen LogP contribution is 2.20. The molecule has 1 rings (SSSR count). The summed E-state index contributed by atoms with van der Waals surface area (Å²) in [6.45, 7) is 8.63. The van der Waals surface area contributed by atoms with Gasteiger partial charge < -0.3 is 20.7 Å². The number of aryl methyl sites for hydroxylation is 1. The van der Waals surface area contributed by atoms with Gasteiger partial charge in [-0.3, -0.25) is 4.79 Å². The Morgan fingerprint density at radius 1 is 1.16 bits per heavy atom. The predicted molar refractivity (Wildman–Crippen MR) is 114 cm³/mol. The van der Waals surface area contributed by atoms with E-state index >= 15 is 0 Å². The first kappa shape index (κ1) is 23.5. The van der Waals surface area contributed by atoms with Crippen LogP contribution in [0.2, 0.25) is 0 Å². The minimum atomic E-state index is 0. The van der Waals surface area contributed by atoms with Crippen LogP contribution in [0.5, 0.6) is 5.75 Å². The maximum absolute atomic E-state index is 11.6. The standard InChI is InChI=1S/C18H30N4O2.HI/c1-5-10-20-17(23)9-11-21-18(19-6-2)22-13-15-8-7-14(3)12-16(15)24-4;/h7-8,12H,5-6,9-11,13H2,1-4H3,(H,20,23)(H2,19,21,22);1H. The number of benzene rings is 1. The maximum atomic E-state index is 11.6. The maximum Gasteiger partial charge on any atom is 0.221 e. The Bertz CT molecular complexity index is 550. The van der Waals surface area contributed by atoms with Crippen molar-refractivity contribution >= 4 is 35.8 Å². The summed E-state index contributed by atoms with van der Waals surface area (Å²) in [4.78, 5) is 16.2. The van der Waals surface area contributed by atoms with Crippen LogP contribution >= 0.6 is 24.0 Å². The van der Waals surface area contributed by atoms with Crippen molar-refractivity contribution in [1.29, 1.82) is 0 Å². The smallest absolute Gasteiger partial charge is 0.221 e. The molecular formula is C18H31IN4O2. The molecule has 25 heavy (non-hydrogen) atoms. The number of nitrogens with zero attached hydrogens (tertiary/aromatic N) is 1. The van der Waals surface area contributed by atoms with Crippen molar-refractivity contribution in [3.63, 3.8) is 0 Å². The zero-order valence-corrected chi connectivity index (χ0v) is 18.0. The Morgan fingerprint density at radius 3 is 2.56 bits per heavy atom. The van der Waals surface area contributed by atoms with Gasteiger partial charge in [-0.05, 0) is 31.9 Å². The molecule has 0 aliphatic rings. The Kier molecular flexibility index (Phi) is 12.9. The Morgan fingerprint density at radius 2 is 1.92 bits per heavy atom. The number of amides is 1. The molecule has 0 heterocycles. The van der Waals surface area contributed by atoms with Crippen LogP contribution in [0.15, 0.2) is 23.2 Å². The van der Waals surface area contributed by atoms with E-state index in [1.54, 1.807) is 7.11 Å². The fourth-order valence-electron chi connectivity index (χ4n) is 2.14. The lowest BCUT2D eigenvalue weighted by atomic mass is 10.1. The monoisotopic (exact) mass is 462 g/mol. The quantitative estimate of drug-likeness (QED) is 0.300. The van der Waals surface area contributed by atoms with Crippen molar-refractivity contribution in [2.75, 3.05) is 26.7 Å². The number of hydrogen-bond acceptors (Lipinski definition) is 3. The van der Waals surface area contributed by atoms with E-state index in [-0.39, 0.29) is 29.9 Å². The van der Waals surface area contributed by atoms with Gasteiger partial charge in [0.25, 0.3) is 0 Å². The molecule has 0 fully saturated rings. The van der Waals surface area contributed by atoms with Gasteiger partial charge in [0.15, 0.2) is 5.96 Å². The van der Waals surface area contributed by atoms with Crippen LogP contribution < -0.4 is 20.7 Å². The third-order valence-electron chi connectivity index (χ3n) is 3.41. The number of ether oxygens (including phenoxy) is 1. The predicted octanol–water partition coefficient (Wildman–Crippen LogP) is 2.59. The number of nitrogens with one attached hydrogen (secondary N) is 3. The van der Waals surface area contributed by atoms with Crippen molar-refractivity contribution in [2.45, 2.75) is 40.2 Å². The molecule has 0 aliphatic carbocycles. The Hall–Kier alpha value is -1.51. The van der Waals surface area contributed by atoms with Crippen LogP contribution in [0.25, 0.3) is 0 Å². The molecule has 0 atom stereocenters.